The highest BCUT2D eigenvalue weighted by molar-refractivity contribution is 5.77. The molecule has 2 fully saturated rings. The first-order chi connectivity index (χ1) is 5.44. The summed E-state index contributed by atoms with van der Waals surface area (Å²) < 4.78 is 0. The van der Waals surface area contributed by atoms with Crippen LogP contribution in [-0.2, 0) is 4.79 Å². The molecule has 1 spiro atoms. The molecule has 0 aromatic rings. The lowest BCUT2D eigenvalue weighted by atomic mass is 9.67. The van der Waals surface area contributed by atoms with Crippen molar-refractivity contribution in [3.05, 3.63) is 0 Å². The van der Waals surface area contributed by atoms with Gasteiger partial charge in [-0.1, -0.05) is 20.8 Å². The zero-order chi connectivity index (χ0) is 9.15. The third kappa shape index (κ3) is 0.572. The van der Waals surface area contributed by atoms with Crippen LogP contribution >= 0.6 is 0 Å². The van der Waals surface area contributed by atoms with Gasteiger partial charge in [-0.05, 0) is 29.6 Å². The molecular formula is C10H16O2. The van der Waals surface area contributed by atoms with Gasteiger partial charge in [0.25, 0.3) is 0 Å². The molecule has 2 heteroatoms. The Morgan fingerprint density at radius 2 is 2.08 bits per heavy atom. The highest BCUT2D eigenvalue weighted by atomic mass is 16.4. The van der Waals surface area contributed by atoms with Gasteiger partial charge in [0.05, 0.1) is 5.92 Å². The Balaban J connectivity index is 2.26. The van der Waals surface area contributed by atoms with Crippen LogP contribution in [0, 0.1) is 22.7 Å². The Morgan fingerprint density at radius 3 is 2.17 bits per heavy atom. The van der Waals surface area contributed by atoms with Crippen molar-refractivity contribution < 1.29 is 9.90 Å². The van der Waals surface area contributed by atoms with Crippen LogP contribution in [0.15, 0.2) is 0 Å². The van der Waals surface area contributed by atoms with Crippen molar-refractivity contribution in [1.82, 2.24) is 0 Å². The lowest BCUT2D eigenvalue weighted by Gasteiger charge is -2.38. The van der Waals surface area contributed by atoms with Crippen molar-refractivity contribution in [2.75, 3.05) is 0 Å². The first kappa shape index (κ1) is 8.09. The summed E-state index contributed by atoms with van der Waals surface area (Å²) in [5.41, 5.74) is 0.218. The van der Waals surface area contributed by atoms with Gasteiger partial charge in [-0.15, -0.1) is 0 Å². The van der Waals surface area contributed by atoms with Crippen molar-refractivity contribution in [2.24, 2.45) is 22.7 Å². The average Bonchev–Trinajstić information content (AvgIpc) is 2.48. The second-order valence-electron chi connectivity index (χ2n) is 4.97. The van der Waals surface area contributed by atoms with Gasteiger partial charge in [0.1, 0.15) is 0 Å². The summed E-state index contributed by atoms with van der Waals surface area (Å²) in [5.74, 6) is -0.0473. The standard InChI is InChI=1S/C10H16O2/c1-6-4-5-10(6)7(8(11)12)9(10,2)3/h6-7H,4-5H2,1-3H3,(H,11,12). The number of hydrogen-bond acceptors (Lipinski definition) is 1. The summed E-state index contributed by atoms with van der Waals surface area (Å²) in [4.78, 5) is 10.9. The molecule has 0 radical (unpaired) electrons. The van der Waals surface area contributed by atoms with Crippen LogP contribution < -0.4 is 0 Å². The van der Waals surface area contributed by atoms with Gasteiger partial charge in [0.2, 0.25) is 0 Å². The van der Waals surface area contributed by atoms with Crippen LogP contribution in [0.1, 0.15) is 33.6 Å². The number of carboxylic acids is 1. The number of rotatable bonds is 1. The van der Waals surface area contributed by atoms with Crippen LogP contribution in [0.3, 0.4) is 0 Å². The summed E-state index contributed by atoms with van der Waals surface area (Å²) in [5, 5.41) is 9.01. The minimum Gasteiger partial charge on any atom is -0.481 e. The molecule has 1 N–H and O–H groups in total. The van der Waals surface area contributed by atoms with E-state index in [2.05, 4.69) is 20.8 Å². The largest absolute Gasteiger partial charge is 0.481 e. The van der Waals surface area contributed by atoms with E-state index >= 15 is 0 Å². The molecule has 0 heterocycles. The maximum absolute atomic E-state index is 10.9. The molecular weight excluding hydrogens is 152 g/mol. The molecule has 3 unspecified atom stereocenters. The summed E-state index contributed by atoms with van der Waals surface area (Å²) >= 11 is 0. The van der Waals surface area contributed by atoms with Gasteiger partial charge in [0, 0.05) is 0 Å². The molecule has 0 aromatic carbocycles. The van der Waals surface area contributed by atoms with Gasteiger partial charge >= 0.3 is 5.97 Å². The minimum atomic E-state index is -0.591. The normalized spacial score (nSPS) is 48.6. The van der Waals surface area contributed by atoms with Crippen LogP contribution in [0.5, 0.6) is 0 Å². The first-order valence-corrected chi connectivity index (χ1v) is 4.67. The molecule has 0 amide bonds. The Morgan fingerprint density at radius 1 is 1.50 bits per heavy atom. The topological polar surface area (TPSA) is 37.3 Å². The Labute approximate surface area is 73.0 Å². The van der Waals surface area contributed by atoms with Crippen LogP contribution in [0.25, 0.3) is 0 Å². The maximum Gasteiger partial charge on any atom is 0.307 e. The number of carboxylic acid groups (broad SMARTS) is 1. The zero-order valence-corrected chi connectivity index (χ0v) is 7.92. The third-order valence-corrected chi connectivity index (χ3v) is 4.47. The molecule has 2 aliphatic carbocycles. The van der Waals surface area contributed by atoms with Crippen LogP contribution in [-0.4, -0.2) is 11.1 Å². The van der Waals surface area contributed by atoms with E-state index in [4.69, 9.17) is 5.11 Å². The second-order valence-corrected chi connectivity index (χ2v) is 4.97. The third-order valence-electron chi connectivity index (χ3n) is 4.47. The van der Waals surface area contributed by atoms with Crippen molar-refractivity contribution in [1.29, 1.82) is 0 Å². The number of carbonyl (C=O) groups is 1. The zero-order valence-electron chi connectivity index (χ0n) is 7.92. The van der Waals surface area contributed by atoms with Gasteiger partial charge in [-0.3, -0.25) is 4.79 Å². The predicted molar refractivity (Wildman–Crippen MR) is 45.7 cm³/mol. The highest BCUT2D eigenvalue weighted by Crippen LogP contribution is 2.79. The highest BCUT2D eigenvalue weighted by Gasteiger charge is 2.78. The van der Waals surface area contributed by atoms with Gasteiger partial charge in [0.15, 0.2) is 0 Å². The van der Waals surface area contributed by atoms with E-state index in [1.54, 1.807) is 0 Å². The molecule has 3 atom stereocenters. The SMILES string of the molecule is CC1CCC12C(C(=O)O)C2(C)C. The lowest BCUT2D eigenvalue weighted by Crippen LogP contribution is -2.31. The Bertz CT molecular complexity index is 244. The Hall–Kier alpha value is -0.530. The molecule has 12 heavy (non-hydrogen) atoms. The molecule has 0 bridgehead atoms. The molecule has 2 saturated carbocycles. The first-order valence-electron chi connectivity index (χ1n) is 4.67. The molecule has 2 nitrogen and oxygen atoms in total. The molecule has 68 valence electrons. The van der Waals surface area contributed by atoms with Crippen molar-refractivity contribution in [3.8, 4) is 0 Å². The van der Waals surface area contributed by atoms with Crippen molar-refractivity contribution >= 4 is 5.97 Å². The second kappa shape index (κ2) is 1.86. The van der Waals surface area contributed by atoms with E-state index < -0.39 is 5.97 Å². The van der Waals surface area contributed by atoms with Gasteiger partial charge in [-0.2, -0.15) is 0 Å². The van der Waals surface area contributed by atoms with E-state index in [-0.39, 0.29) is 16.7 Å². The fourth-order valence-corrected chi connectivity index (χ4v) is 3.55. The molecule has 2 rings (SSSR count). The summed E-state index contributed by atoms with van der Waals surface area (Å²) in [6.07, 6.45) is 2.34. The van der Waals surface area contributed by atoms with E-state index in [1.165, 1.54) is 6.42 Å². The number of aliphatic carboxylic acids is 1. The molecule has 0 aromatic heterocycles. The monoisotopic (exact) mass is 168 g/mol. The fourth-order valence-electron chi connectivity index (χ4n) is 3.55. The van der Waals surface area contributed by atoms with E-state index in [9.17, 15) is 4.79 Å². The van der Waals surface area contributed by atoms with Crippen LogP contribution in [0.4, 0.5) is 0 Å². The van der Waals surface area contributed by atoms with Crippen molar-refractivity contribution in [2.45, 2.75) is 33.6 Å². The average molecular weight is 168 g/mol. The van der Waals surface area contributed by atoms with Crippen LogP contribution in [0.2, 0.25) is 0 Å². The van der Waals surface area contributed by atoms with Crippen molar-refractivity contribution in [3.63, 3.8) is 0 Å². The molecule has 0 saturated heterocycles. The fraction of sp³-hybridized carbons (Fsp3) is 0.900. The quantitative estimate of drug-likeness (QED) is 0.651. The summed E-state index contributed by atoms with van der Waals surface area (Å²) in [6.45, 7) is 6.39. The smallest absolute Gasteiger partial charge is 0.307 e. The van der Waals surface area contributed by atoms with Gasteiger partial charge in [-0.25, -0.2) is 0 Å². The number of hydrogen-bond donors (Lipinski definition) is 1. The molecule has 2 aliphatic rings. The van der Waals surface area contributed by atoms with Gasteiger partial charge < -0.3 is 5.11 Å². The molecule has 0 aliphatic heterocycles. The van der Waals surface area contributed by atoms with E-state index in [0.29, 0.717) is 5.92 Å². The summed E-state index contributed by atoms with van der Waals surface area (Å²) in [6, 6.07) is 0. The maximum atomic E-state index is 10.9. The minimum absolute atomic E-state index is 0.0521. The lowest BCUT2D eigenvalue weighted by molar-refractivity contribution is -0.140. The predicted octanol–water partition coefficient (Wildman–Crippen LogP) is 2.14. The summed E-state index contributed by atoms with van der Waals surface area (Å²) in [7, 11) is 0. The van der Waals surface area contributed by atoms with E-state index in [1.807, 2.05) is 0 Å². The van der Waals surface area contributed by atoms with E-state index in [0.717, 1.165) is 6.42 Å². The Kier molecular flexibility index (Phi) is 1.25.